The van der Waals surface area contributed by atoms with Crippen molar-refractivity contribution in [1.82, 2.24) is 0 Å². The second-order valence-electron chi connectivity index (χ2n) is 5.83. The van der Waals surface area contributed by atoms with Crippen LogP contribution in [-0.4, -0.2) is 13.1 Å². The van der Waals surface area contributed by atoms with Crippen molar-refractivity contribution in [3.05, 3.63) is 29.8 Å². The van der Waals surface area contributed by atoms with Gasteiger partial charge in [0.05, 0.1) is 0 Å². The molecule has 0 bridgehead atoms. The Balaban J connectivity index is 1.92. The van der Waals surface area contributed by atoms with Crippen molar-refractivity contribution in [3.8, 4) is 0 Å². The normalized spacial score (nSPS) is 18.6. The summed E-state index contributed by atoms with van der Waals surface area (Å²) in [5, 5.41) is 0. The molecule has 2 N–H and O–H groups in total. The predicted molar refractivity (Wildman–Crippen MR) is 83.5 cm³/mol. The van der Waals surface area contributed by atoms with Crippen molar-refractivity contribution in [2.45, 2.75) is 52.0 Å². The van der Waals surface area contributed by atoms with Gasteiger partial charge in [-0.3, -0.25) is 0 Å². The first-order valence-corrected chi connectivity index (χ1v) is 7.85. The summed E-state index contributed by atoms with van der Waals surface area (Å²) in [6.07, 6.45) is 6.43. The maximum absolute atomic E-state index is 6.06. The summed E-state index contributed by atoms with van der Waals surface area (Å²) in [6.45, 7) is 6.85. The Labute approximate surface area is 118 Å². The first-order chi connectivity index (χ1) is 9.24. The van der Waals surface area contributed by atoms with Crippen LogP contribution in [0.3, 0.4) is 0 Å². The third-order valence-corrected chi connectivity index (χ3v) is 4.44. The summed E-state index contributed by atoms with van der Waals surface area (Å²) in [5.41, 5.74) is 8.68. The standard InChI is InChI=1S/C17H28N2/c1-3-5-14-10-12-19(13-11-14)16-8-6-15(7-9-16)17(18)4-2/h6-9,14,17H,3-5,10-13,18H2,1-2H3. The molecule has 0 aliphatic carbocycles. The van der Waals surface area contributed by atoms with E-state index in [2.05, 4.69) is 43.0 Å². The molecule has 1 atom stereocenters. The minimum absolute atomic E-state index is 0.185. The van der Waals surface area contributed by atoms with Crippen LogP contribution in [0, 0.1) is 5.92 Å². The molecule has 1 saturated heterocycles. The van der Waals surface area contributed by atoms with E-state index in [0.29, 0.717) is 0 Å². The van der Waals surface area contributed by atoms with Crippen LogP contribution < -0.4 is 10.6 Å². The number of hydrogen-bond acceptors (Lipinski definition) is 2. The Morgan fingerprint density at radius 3 is 2.32 bits per heavy atom. The maximum atomic E-state index is 6.06. The van der Waals surface area contributed by atoms with Gasteiger partial charge in [-0.15, -0.1) is 0 Å². The Morgan fingerprint density at radius 2 is 1.79 bits per heavy atom. The minimum atomic E-state index is 0.185. The topological polar surface area (TPSA) is 29.3 Å². The van der Waals surface area contributed by atoms with Crippen LogP contribution >= 0.6 is 0 Å². The molecule has 0 aromatic heterocycles. The van der Waals surface area contributed by atoms with Gasteiger partial charge in [-0.2, -0.15) is 0 Å². The monoisotopic (exact) mass is 260 g/mol. The number of nitrogens with two attached hydrogens (primary N) is 1. The number of rotatable bonds is 5. The number of benzene rings is 1. The van der Waals surface area contributed by atoms with Gasteiger partial charge in [-0.25, -0.2) is 0 Å². The molecule has 1 aliphatic rings. The van der Waals surface area contributed by atoms with Gasteiger partial charge in [0.2, 0.25) is 0 Å². The summed E-state index contributed by atoms with van der Waals surface area (Å²) in [5.74, 6) is 0.953. The number of anilines is 1. The Hall–Kier alpha value is -1.02. The van der Waals surface area contributed by atoms with E-state index in [1.807, 2.05) is 0 Å². The molecule has 2 heteroatoms. The second kappa shape index (κ2) is 6.95. The van der Waals surface area contributed by atoms with Gasteiger partial charge in [-0.05, 0) is 42.9 Å². The zero-order valence-electron chi connectivity index (χ0n) is 12.4. The summed E-state index contributed by atoms with van der Waals surface area (Å²) in [6, 6.07) is 9.06. The molecule has 1 aliphatic heterocycles. The van der Waals surface area contributed by atoms with E-state index in [-0.39, 0.29) is 6.04 Å². The highest BCUT2D eigenvalue weighted by Gasteiger charge is 2.18. The van der Waals surface area contributed by atoms with Gasteiger partial charge in [0, 0.05) is 24.8 Å². The summed E-state index contributed by atoms with van der Waals surface area (Å²) >= 11 is 0. The van der Waals surface area contributed by atoms with Crippen LogP contribution in [0.5, 0.6) is 0 Å². The first-order valence-electron chi connectivity index (χ1n) is 7.85. The zero-order chi connectivity index (χ0) is 13.7. The molecule has 2 nitrogen and oxygen atoms in total. The van der Waals surface area contributed by atoms with Gasteiger partial charge < -0.3 is 10.6 Å². The van der Waals surface area contributed by atoms with Crippen LogP contribution in [0.4, 0.5) is 5.69 Å². The second-order valence-corrected chi connectivity index (χ2v) is 5.83. The molecule has 0 amide bonds. The highest BCUT2D eigenvalue weighted by Crippen LogP contribution is 2.27. The van der Waals surface area contributed by atoms with Crippen molar-refractivity contribution in [2.75, 3.05) is 18.0 Å². The first kappa shape index (κ1) is 14.4. The highest BCUT2D eigenvalue weighted by molar-refractivity contribution is 5.48. The van der Waals surface area contributed by atoms with E-state index >= 15 is 0 Å². The van der Waals surface area contributed by atoms with E-state index in [9.17, 15) is 0 Å². The Bertz CT molecular complexity index is 363. The average Bonchev–Trinajstić information content (AvgIpc) is 2.48. The smallest absolute Gasteiger partial charge is 0.0366 e. The largest absolute Gasteiger partial charge is 0.372 e. The van der Waals surface area contributed by atoms with E-state index in [0.717, 1.165) is 12.3 Å². The molecule has 19 heavy (non-hydrogen) atoms. The fraction of sp³-hybridized carbons (Fsp3) is 0.647. The van der Waals surface area contributed by atoms with Crippen molar-refractivity contribution in [2.24, 2.45) is 11.7 Å². The van der Waals surface area contributed by atoms with Crippen molar-refractivity contribution in [1.29, 1.82) is 0 Å². The fourth-order valence-electron chi connectivity index (χ4n) is 3.06. The SMILES string of the molecule is CCCC1CCN(c2ccc(C(N)CC)cc2)CC1. The van der Waals surface area contributed by atoms with Gasteiger partial charge in [0.15, 0.2) is 0 Å². The third kappa shape index (κ3) is 3.73. The Morgan fingerprint density at radius 1 is 1.16 bits per heavy atom. The molecule has 0 spiro atoms. The quantitative estimate of drug-likeness (QED) is 0.863. The van der Waals surface area contributed by atoms with Gasteiger partial charge in [0.1, 0.15) is 0 Å². The fourth-order valence-corrected chi connectivity index (χ4v) is 3.06. The van der Waals surface area contributed by atoms with Gasteiger partial charge >= 0.3 is 0 Å². The predicted octanol–water partition coefficient (Wildman–Crippen LogP) is 4.11. The average molecular weight is 260 g/mol. The van der Waals surface area contributed by atoms with E-state index in [4.69, 9.17) is 5.73 Å². The van der Waals surface area contributed by atoms with Crippen LogP contribution in [0.25, 0.3) is 0 Å². The Kier molecular flexibility index (Phi) is 5.26. The number of piperidine rings is 1. The third-order valence-electron chi connectivity index (χ3n) is 4.44. The van der Waals surface area contributed by atoms with E-state index in [1.165, 1.54) is 50.0 Å². The lowest BCUT2D eigenvalue weighted by atomic mass is 9.92. The zero-order valence-corrected chi connectivity index (χ0v) is 12.4. The lowest BCUT2D eigenvalue weighted by Gasteiger charge is -2.33. The summed E-state index contributed by atoms with van der Waals surface area (Å²) in [7, 11) is 0. The molecule has 1 heterocycles. The molecule has 1 unspecified atom stereocenters. The van der Waals surface area contributed by atoms with Crippen LogP contribution in [-0.2, 0) is 0 Å². The maximum Gasteiger partial charge on any atom is 0.0366 e. The van der Waals surface area contributed by atoms with E-state index in [1.54, 1.807) is 0 Å². The lowest BCUT2D eigenvalue weighted by Crippen LogP contribution is -2.33. The van der Waals surface area contributed by atoms with Crippen molar-refractivity contribution < 1.29 is 0 Å². The van der Waals surface area contributed by atoms with Crippen LogP contribution in [0.2, 0.25) is 0 Å². The number of nitrogens with zero attached hydrogens (tertiary/aromatic N) is 1. The van der Waals surface area contributed by atoms with Crippen LogP contribution in [0.15, 0.2) is 24.3 Å². The molecule has 1 aromatic rings. The van der Waals surface area contributed by atoms with Crippen molar-refractivity contribution >= 4 is 5.69 Å². The summed E-state index contributed by atoms with van der Waals surface area (Å²) < 4.78 is 0. The van der Waals surface area contributed by atoms with E-state index < -0.39 is 0 Å². The molecular formula is C17H28N2. The lowest BCUT2D eigenvalue weighted by molar-refractivity contribution is 0.378. The summed E-state index contributed by atoms with van der Waals surface area (Å²) in [4.78, 5) is 2.52. The van der Waals surface area contributed by atoms with Crippen LogP contribution in [0.1, 0.15) is 57.6 Å². The van der Waals surface area contributed by atoms with Gasteiger partial charge in [0.25, 0.3) is 0 Å². The molecule has 0 radical (unpaired) electrons. The minimum Gasteiger partial charge on any atom is -0.372 e. The molecule has 2 rings (SSSR count). The molecule has 1 aromatic carbocycles. The number of hydrogen-bond donors (Lipinski definition) is 1. The molecular weight excluding hydrogens is 232 g/mol. The molecule has 0 saturated carbocycles. The van der Waals surface area contributed by atoms with Crippen molar-refractivity contribution in [3.63, 3.8) is 0 Å². The van der Waals surface area contributed by atoms with Gasteiger partial charge in [-0.1, -0.05) is 38.8 Å². The highest BCUT2D eigenvalue weighted by atomic mass is 15.1. The molecule has 1 fully saturated rings. The molecule has 106 valence electrons.